The molecule has 0 nitrogen and oxygen atoms in total. The van der Waals surface area contributed by atoms with E-state index in [1.54, 1.807) is 0 Å². The lowest BCUT2D eigenvalue weighted by molar-refractivity contribution is 0.194. The van der Waals surface area contributed by atoms with E-state index in [1.807, 2.05) is 0 Å². The first-order valence-electron chi connectivity index (χ1n) is 5.76. The van der Waals surface area contributed by atoms with E-state index in [4.69, 9.17) is 0 Å². The van der Waals surface area contributed by atoms with Crippen molar-refractivity contribution in [3.05, 3.63) is 12.2 Å². The van der Waals surface area contributed by atoms with Gasteiger partial charge in [-0.1, -0.05) is 53.2 Å². The van der Waals surface area contributed by atoms with E-state index >= 15 is 0 Å². The summed E-state index contributed by atoms with van der Waals surface area (Å²) in [5, 5.41) is 0. The molecule has 76 valence electrons. The summed E-state index contributed by atoms with van der Waals surface area (Å²) < 4.78 is 0. The average Bonchev–Trinajstić information content (AvgIpc) is 2.01. The SMILES string of the molecule is CCC(C)C1C=CC1C(C)C(C)C. The van der Waals surface area contributed by atoms with E-state index in [-0.39, 0.29) is 0 Å². The molecular formula is C13H24. The molecule has 0 saturated heterocycles. The Morgan fingerprint density at radius 2 is 1.54 bits per heavy atom. The van der Waals surface area contributed by atoms with Gasteiger partial charge in [0.15, 0.2) is 0 Å². The molecule has 0 aromatic heterocycles. The van der Waals surface area contributed by atoms with Gasteiger partial charge in [0.25, 0.3) is 0 Å². The van der Waals surface area contributed by atoms with Crippen molar-refractivity contribution in [2.45, 2.75) is 41.0 Å². The third-order valence-corrected chi connectivity index (χ3v) is 3.96. The van der Waals surface area contributed by atoms with Gasteiger partial charge >= 0.3 is 0 Å². The van der Waals surface area contributed by atoms with E-state index in [2.05, 4.69) is 46.8 Å². The Kier molecular flexibility index (Phi) is 3.58. The molecule has 0 aromatic carbocycles. The molecular weight excluding hydrogens is 156 g/mol. The minimum absolute atomic E-state index is 0.821. The maximum atomic E-state index is 2.42. The zero-order valence-corrected chi connectivity index (χ0v) is 9.75. The molecule has 0 spiro atoms. The molecule has 0 saturated carbocycles. The maximum Gasteiger partial charge on any atom is -0.0140 e. The third-order valence-electron chi connectivity index (χ3n) is 3.96. The quantitative estimate of drug-likeness (QED) is 0.571. The van der Waals surface area contributed by atoms with Crippen molar-refractivity contribution in [1.82, 2.24) is 0 Å². The van der Waals surface area contributed by atoms with Gasteiger partial charge in [0.1, 0.15) is 0 Å². The zero-order valence-electron chi connectivity index (χ0n) is 9.75. The first-order valence-corrected chi connectivity index (χ1v) is 5.76. The molecule has 0 heterocycles. The number of rotatable bonds is 4. The molecule has 1 aliphatic rings. The van der Waals surface area contributed by atoms with Crippen molar-refractivity contribution < 1.29 is 0 Å². The first kappa shape index (κ1) is 10.8. The molecule has 0 heteroatoms. The Hall–Kier alpha value is -0.260. The highest BCUT2D eigenvalue weighted by atomic mass is 14.4. The molecule has 4 unspecified atom stereocenters. The number of hydrogen-bond donors (Lipinski definition) is 0. The van der Waals surface area contributed by atoms with Crippen LogP contribution in [0.15, 0.2) is 12.2 Å². The Morgan fingerprint density at radius 3 is 1.85 bits per heavy atom. The van der Waals surface area contributed by atoms with Crippen LogP contribution in [-0.4, -0.2) is 0 Å². The summed E-state index contributed by atoms with van der Waals surface area (Å²) in [7, 11) is 0. The summed E-state index contributed by atoms with van der Waals surface area (Å²) in [5.74, 6) is 4.26. The topological polar surface area (TPSA) is 0 Å². The summed E-state index contributed by atoms with van der Waals surface area (Å²) in [5.41, 5.74) is 0. The van der Waals surface area contributed by atoms with Crippen LogP contribution in [0.4, 0.5) is 0 Å². The Labute approximate surface area is 83.4 Å². The second-order valence-electron chi connectivity index (χ2n) is 5.03. The van der Waals surface area contributed by atoms with E-state index < -0.39 is 0 Å². The molecule has 0 fully saturated rings. The van der Waals surface area contributed by atoms with Gasteiger partial charge in [-0.25, -0.2) is 0 Å². The predicted molar refractivity (Wildman–Crippen MR) is 59.6 cm³/mol. The van der Waals surface area contributed by atoms with Gasteiger partial charge < -0.3 is 0 Å². The van der Waals surface area contributed by atoms with Crippen LogP contribution in [0.2, 0.25) is 0 Å². The number of hydrogen-bond acceptors (Lipinski definition) is 0. The third kappa shape index (κ3) is 2.15. The van der Waals surface area contributed by atoms with Gasteiger partial charge in [-0.3, -0.25) is 0 Å². The molecule has 0 N–H and O–H groups in total. The van der Waals surface area contributed by atoms with E-state index in [1.165, 1.54) is 6.42 Å². The van der Waals surface area contributed by atoms with Crippen molar-refractivity contribution in [2.24, 2.45) is 29.6 Å². The Balaban J connectivity index is 2.51. The highest BCUT2D eigenvalue weighted by molar-refractivity contribution is 5.12. The molecule has 0 aliphatic heterocycles. The summed E-state index contributed by atoms with van der Waals surface area (Å²) in [6.45, 7) is 11.8. The molecule has 0 aromatic rings. The van der Waals surface area contributed by atoms with Crippen molar-refractivity contribution in [3.63, 3.8) is 0 Å². The monoisotopic (exact) mass is 180 g/mol. The summed E-state index contributed by atoms with van der Waals surface area (Å²) in [4.78, 5) is 0. The maximum absolute atomic E-state index is 2.42. The van der Waals surface area contributed by atoms with Crippen LogP contribution in [0.3, 0.4) is 0 Å². The second kappa shape index (κ2) is 4.30. The van der Waals surface area contributed by atoms with Crippen molar-refractivity contribution in [2.75, 3.05) is 0 Å². The van der Waals surface area contributed by atoms with Gasteiger partial charge in [0, 0.05) is 0 Å². The van der Waals surface area contributed by atoms with Crippen LogP contribution in [0.25, 0.3) is 0 Å². The predicted octanol–water partition coefficient (Wildman–Crippen LogP) is 4.13. The fourth-order valence-electron chi connectivity index (χ4n) is 2.18. The molecule has 4 atom stereocenters. The van der Waals surface area contributed by atoms with Gasteiger partial charge in [0.05, 0.1) is 0 Å². The molecule has 0 bridgehead atoms. The van der Waals surface area contributed by atoms with Crippen LogP contribution < -0.4 is 0 Å². The Bertz CT molecular complexity index is 178. The van der Waals surface area contributed by atoms with Gasteiger partial charge in [-0.05, 0) is 29.6 Å². The lowest BCUT2D eigenvalue weighted by Crippen LogP contribution is -2.32. The van der Waals surface area contributed by atoms with Crippen LogP contribution in [0.1, 0.15) is 41.0 Å². The molecule has 0 amide bonds. The number of allylic oxidation sites excluding steroid dienone is 2. The minimum atomic E-state index is 0.821. The zero-order chi connectivity index (χ0) is 10.0. The standard InChI is InChI=1S/C13H24/c1-6-10(4)12-7-8-13(12)11(5)9(2)3/h7-13H,6H2,1-5H3. The largest absolute Gasteiger partial charge is 0.0842 e. The summed E-state index contributed by atoms with van der Waals surface area (Å²) in [6, 6.07) is 0. The van der Waals surface area contributed by atoms with Crippen molar-refractivity contribution in [3.8, 4) is 0 Å². The fraction of sp³-hybridized carbons (Fsp3) is 0.846. The van der Waals surface area contributed by atoms with Crippen molar-refractivity contribution >= 4 is 0 Å². The highest BCUT2D eigenvalue weighted by Gasteiger charge is 2.33. The van der Waals surface area contributed by atoms with Crippen LogP contribution in [-0.2, 0) is 0 Å². The van der Waals surface area contributed by atoms with Crippen LogP contribution in [0.5, 0.6) is 0 Å². The lowest BCUT2D eigenvalue weighted by atomic mass is 9.66. The van der Waals surface area contributed by atoms with E-state index in [0.29, 0.717) is 0 Å². The minimum Gasteiger partial charge on any atom is -0.0842 e. The van der Waals surface area contributed by atoms with Crippen LogP contribution >= 0.6 is 0 Å². The Morgan fingerprint density at radius 1 is 1.00 bits per heavy atom. The lowest BCUT2D eigenvalue weighted by Gasteiger charge is -2.39. The smallest absolute Gasteiger partial charge is 0.0140 e. The molecule has 13 heavy (non-hydrogen) atoms. The molecule has 1 aliphatic carbocycles. The summed E-state index contributed by atoms with van der Waals surface area (Å²) >= 11 is 0. The van der Waals surface area contributed by atoms with E-state index in [9.17, 15) is 0 Å². The fourth-order valence-corrected chi connectivity index (χ4v) is 2.18. The van der Waals surface area contributed by atoms with Crippen LogP contribution in [0, 0.1) is 29.6 Å². The van der Waals surface area contributed by atoms with Crippen molar-refractivity contribution in [1.29, 1.82) is 0 Å². The van der Waals surface area contributed by atoms with Gasteiger partial charge in [-0.15, -0.1) is 0 Å². The highest BCUT2D eigenvalue weighted by Crippen LogP contribution is 2.40. The molecule has 0 radical (unpaired) electrons. The van der Waals surface area contributed by atoms with Gasteiger partial charge in [-0.2, -0.15) is 0 Å². The first-order chi connectivity index (χ1) is 6.07. The summed E-state index contributed by atoms with van der Waals surface area (Å²) in [6.07, 6.45) is 6.15. The second-order valence-corrected chi connectivity index (χ2v) is 5.03. The van der Waals surface area contributed by atoms with Gasteiger partial charge in [0.2, 0.25) is 0 Å². The average molecular weight is 180 g/mol. The normalized spacial score (nSPS) is 31.5. The van der Waals surface area contributed by atoms with E-state index in [0.717, 1.165) is 29.6 Å². The molecule has 1 rings (SSSR count).